The van der Waals surface area contributed by atoms with Crippen molar-refractivity contribution in [3.8, 4) is 5.75 Å². The molecule has 1 N–H and O–H groups in total. The molecule has 198 valence electrons. The average molecular weight is 531 g/mol. The molecule has 1 amide bonds. The van der Waals surface area contributed by atoms with Crippen molar-refractivity contribution in [1.29, 1.82) is 0 Å². The number of carbonyl (C=O) groups is 2. The lowest BCUT2D eigenvalue weighted by molar-refractivity contribution is -0.135. The van der Waals surface area contributed by atoms with Crippen LogP contribution in [0.15, 0.2) is 30.3 Å². The van der Waals surface area contributed by atoms with Gasteiger partial charge in [-0.25, -0.2) is 9.18 Å². The predicted octanol–water partition coefficient (Wildman–Crippen LogP) is 3.39. The van der Waals surface area contributed by atoms with Crippen molar-refractivity contribution in [2.24, 2.45) is 5.92 Å². The number of rotatable bonds is 8. The number of nitrogens with zero attached hydrogens (tertiary/aromatic N) is 3. The molecular weight excluding hydrogens is 501 g/mol. The van der Waals surface area contributed by atoms with E-state index in [4.69, 9.17) is 4.74 Å². The summed E-state index contributed by atoms with van der Waals surface area (Å²) < 4.78 is 46.1. The number of hydrogen-bond acceptors (Lipinski definition) is 6. The molecule has 0 bridgehead atoms. The third-order valence-electron chi connectivity index (χ3n) is 7.61. The maximum absolute atomic E-state index is 14.4. The molecule has 4 atom stereocenters. The molecule has 2 aromatic carbocycles. The van der Waals surface area contributed by atoms with Crippen molar-refractivity contribution in [2.75, 3.05) is 31.0 Å². The van der Waals surface area contributed by atoms with Gasteiger partial charge in [0.1, 0.15) is 17.1 Å². The Kier molecular flexibility index (Phi) is 6.95. The number of anilines is 2. The Labute approximate surface area is 217 Å². The lowest BCUT2D eigenvalue weighted by Crippen LogP contribution is -2.43. The molecule has 1 saturated carbocycles. The number of carboxylic acid groups (broad SMARTS) is 1. The fourth-order valence-electron chi connectivity index (χ4n) is 5.66. The summed E-state index contributed by atoms with van der Waals surface area (Å²) in [7, 11) is 1.60. The quantitative estimate of drug-likeness (QED) is 0.521. The third kappa shape index (κ3) is 4.71. The maximum atomic E-state index is 14.4. The zero-order valence-corrected chi connectivity index (χ0v) is 21.5. The second-order valence-corrected chi connectivity index (χ2v) is 10.7. The summed E-state index contributed by atoms with van der Waals surface area (Å²) in [5.41, 5.74) is 0.703. The number of hydrogen-bond donors (Lipinski definition) is 1. The molecule has 2 heterocycles. The van der Waals surface area contributed by atoms with Crippen LogP contribution in [0.25, 0.3) is 0 Å². The standard InChI is InChI=1S/C26H30FN3O6S/c1-3-29-10-4-5-22(29)25(31)28(2)13-15-11-17(27)6-8-20(15)30(37(34)35)21-9-7-18-19-12-16(19)14-36-24(18)23(21)26(32)33/h6-9,11,16,19,22H,3-5,10,12-14H2,1-2H3,(H,32,33)(H,34,35)/p-1/t16?,19?,22-/m0/s1. The van der Waals surface area contributed by atoms with Gasteiger partial charge in [0.2, 0.25) is 5.91 Å². The van der Waals surface area contributed by atoms with Gasteiger partial charge in [-0.05, 0) is 73.7 Å². The first-order chi connectivity index (χ1) is 17.7. The maximum Gasteiger partial charge on any atom is 0.341 e. The van der Waals surface area contributed by atoms with E-state index in [1.54, 1.807) is 13.1 Å². The summed E-state index contributed by atoms with van der Waals surface area (Å²) in [4.78, 5) is 29.1. The average Bonchev–Trinajstić information content (AvgIpc) is 3.51. The van der Waals surface area contributed by atoms with Crippen molar-refractivity contribution in [3.05, 3.63) is 52.8 Å². The van der Waals surface area contributed by atoms with Crippen LogP contribution >= 0.6 is 0 Å². The van der Waals surface area contributed by atoms with E-state index in [0.717, 1.165) is 48.3 Å². The number of halogens is 1. The van der Waals surface area contributed by atoms with Crippen LogP contribution < -0.4 is 9.04 Å². The minimum absolute atomic E-state index is 0.0543. The van der Waals surface area contributed by atoms with E-state index >= 15 is 0 Å². The first-order valence-corrected chi connectivity index (χ1v) is 13.4. The molecule has 2 aliphatic heterocycles. The number of likely N-dealkylation sites (N-methyl/N-ethyl adjacent to an activating group) is 2. The molecule has 3 unspecified atom stereocenters. The highest BCUT2D eigenvalue weighted by atomic mass is 32.2. The molecule has 3 aliphatic rings. The predicted molar refractivity (Wildman–Crippen MR) is 134 cm³/mol. The molecule has 1 saturated heterocycles. The Morgan fingerprint density at radius 1 is 1.27 bits per heavy atom. The minimum atomic E-state index is -2.95. The van der Waals surface area contributed by atoms with Crippen molar-refractivity contribution < 1.29 is 32.6 Å². The lowest BCUT2D eigenvalue weighted by atomic mass is 9.99. The van der Waals surface area contributed by atoms with E-state index in [2.05, 4.69) is 4.90 Å². The second-order valence-electron chi connectivity index (χ2n) is 9.86. The van der Waals surface area contributed by atoms with Crippen LogP contribution in [0.2, 0.25) is 0 Å². The van der Waals surface area contributed by atoms with Crippen molar-refractivity contribution in [2.45, 2.75) is 44.7 Å². The Hall–Kier alpha value is -3.02. The molecule has 1 aliphatic carbocycles. The highest BCUT2D eigenvalue weighted by Crippen LogP contribution is 2.56. The Morgan fingerprint density at radius 2 is 2.03 bits per heavy atom. The summed E-state index contributed by atoms with van der Waals surface area (Å²) in [6.45, 7) is 3.88. The van der Waals surface area contributed by atoms with Gasteiger partial charge < -0.3 is 19.3 Å². The van der Waals surface area contributed by atoms with Crippen LogP contribution in [0, 0.1) is 11.7 Å². The number of amides is 1. The summed E-state index contributed by atoms with van der Waals surface area (Å²) in [6.07, 6.45) is 2.54. The van der Waals surface area contributed by atoms with Gasteiger partial charge in [0.05, 0.1) is 35.3 Å². The number of carbonyl (C=O) groups excluding carboxylic acids is 1. The number of fused-ring (bicyclic) bond motifs is 3. The number of aromatic carboxylic acids is 1. The topological polar surface area (TPSA) is 113 Å². The molecule has 2 aromatic rings. The van der Waals surface area contributed by atoms with Crippen molar-refractivity contribution >= 4 is 34.5 Å². The number of ether oxygens (including phenoxy) is 1. The van der Waals surface area contributed by atoms with Gasteiger partial charge >= 0.3 is 5.97 Å². The molecule has 0 aromatic heterocycles. The first-order valence-electron chi connectivity index (χ1n) is 12.4. The zero-order valence-electron chi connectivity index (χ0n) is 20.7. The SMILES string of the molecule is CCN1CCC[C@H]1C(=O)N(C)Cc1cc(F)ccc1N(c1ccc2c(c1C(=O)O)OCC1CC21)S(=O)[O-]. The van der Waals surface area contributed by atoms with Crippen molar-refractivity contribution in [1.82, 2.24) is 9.80 Å². The van der Waals surface area contributed by atoms with E-state index in [0.29, 0.717) is 12.5 Å². The monoisotopic (exact) mass is 530 g/mol. The van der Waals surface area contributed by atoms with Gasteiger partial charge in [-0.2, -0.15) is 0 Å². The summed E-state index contributed by atoms with van der Waals surface area (Å²) in [6, 6.07) is 6.46. The minimum Gasteiger partial charge on any atom is -0.755 e. The largest absolute Gasteiger partial charge is 0.755 e. The summed E-state index contributed by atoms with van der Waals surface area (Å²) in [5.74, 6) is -1.31. The Balaban J connectivity index is 1.53. The molecule has 11 heteroatoms. The second kappa shape index (κ2) is 10.0. The molecule has 37 heavy (non-hydrogen) atoms. The Bertz CT molecular complexity index is 1270. The number of carboxylic acids is 1. The van der Waals surface area contributed by atoms with Crippen LogP contribution in [0.4, 0.5) is 15.8 Å². The van der Waals surface area contributed by atoms with Gasteiger partial charge in [0.15, 0.2) is 0 Å². The van der Waals surface area contributed by atoms with Crippen molar-refractivity contribution in [3.63, 3.8) is 0 Å². The van der Waals surface area contributed by atoms with Crippen LogP contribution in [-0.4, -0.2) is 68.3 Å². The first kappa shape index (κ1) is 25.6. The van der Waals surface area contributed by atoms with E-state index in [-0.39, 0.29) is 52.7 Å². The molecule has 5 rings (SSSR count). The molecule has 0 spiro atoms. The molecule has 0 radical (unpaired) electrons. The third-order valence-corrected chi connectivity index (χ3v) is 8.30. The fourth-order valence-corrected chi connectivity index (χ4v) is 6.31. The van der Waals surface area contributed by atoms with E-state index < -0.39 is 23.1 Å². The van der Waals surface area contributed by atoms with E-state index in [1.807, 2.05) is 6.92 Å². The van der Waals surface area contributed by atoms with E-state index in [9.17, 15) is 27.8 Å². The fraction of sp³-hybridized carbons (Fsp3) is 0.462. The van der Waals surface area contributed by atoms with Gasteiger partial charge in [-0.3, -0.25) is 18.2 Å². The molecule has 9 nitrogen and oxygen atoms in total. The summed E-state index contributed by atoms with van der Waals surface area (Å²) >= 11 is -2.95. The van der Waals surface area contributed by atoms with Crippen LogP contribution in [-0.2, 0) is 22.6 Å². The lowest BCUT2D eigenvalue weighted by Gasteiger charge is -2.32. The zero-order chi connectivity index (χ0) is 26.4. The normalized spacial score (nSPS) is 23.0. The van der Waals surface area contributed by atoms with Gasteiger partial charge in [0, 0.05) is 19.5 Å². The highest BCUT2D eigenvalue weighted by Gasteiger charge is 2.45. The van der Waals surface area contributed by atoms with Gasteiger partial charge in [-0.1, -0.05) is 13.0 Å². The number of benzene rings is 2. The van der Waals surface area contributed by atoms with E-state index in [1.165, 1.54) is 23.1 Å². The highest BCUT2D eigenvalue weighted by molar-refractivity contribution is 7.81. The molecule has 2 fully saturated rings. The Morgan fingerprint density at radius 3 is 2.73 bits per heavy atom. The van der Waals surface area contributed by atoms with Crippen LogP contribution in [0.3, 0.4) is 0 Å². The molecular formula is C26H29FN3O6S-. The number of likely N-dealkylation sites (tertiary alicyclic amines) is 1. The smallest absolute Gasteiger partial charge is 0.341 e. The van der Waals surface area contributed by atoms with Crippen LogP contribution in [0.5, 0.6) is 5.75 Å². The van der Waals surface area contributed by atoms with Gasteiger partial charge in [-0.15, -0.1) is 0 Å². The summed E-state index contributed by atoms with van der Waals surface area (Å²) in [5, 5.41) is 10.1. The van der Waals surface area contributed by atoms with Crippen LogP contribution in [0.1, 0.15) is 53.6 Å². The van der Waals surface area contributed by atoms with Gasteiger partial charge in [0.25, 0.3) is 0 Å².